The van der Waals surface area contributed by atoms with Gasteiger partial charge in [0.1, 0.15) is 22.9 Å². The van der Waals surface area contributed by atoms with Gasteiger partial charge in [0.05, 0.1) is 5.69 Å². The Morgan fingerprint density at radius 2 is 2.37 bits per heavy atom. The predicted octanol–water partition coefficient (Wildman–Crippen LogP) is 2.67. The van der Waals surface area contributed by atoms with E-state index >= 15 is 0 Å². The normalized spacial score (nSPS) is 10.7. The van der Waals surface area contributed by atoms with E-state index in [1.54, 1.807) is 5.38 Å². The van der Waals surface area contributed by atoms with Crippen molar-refractivity contribution in [2.24, 2.45) is 0 Å². The van der Waals surface area contributed by atoms with Crippen LogP contribution in [-0.2, 0) is 6.61 Å². The second-order valence-corrected chi connectivity index (χ2v) is 4.85. The summed E-state index contributed by atoms with van der Waals surface area (Å²) in [6, 6.07) is 7.28. The van der Waals surface area contributed by atoms with Crippen molar-refractivity contribution in [1.29, 1.82) is 0 Å². The van der Waals surface area contributed by atoms with Gasteiger partial charge in [-0.1, -0.05) is 6.07 Å². The lowest BCUT2D eigenvalue weighted by Crippen LogP contribution is -1.95. The minimum atomic E-state index is -0.937. The van der Waals surface area contributed by atoms with E-state index in [0.717, 1.165) is 22.7 Å². The van der Waals surface area contributed by atoms with E-state index in [1.807, 2.05) is 35.0 Å². The molecule has 0 saturated carbocycles. The third kappa shape index (κ3) is 2.43. The zero-order valence-electron chi connectivity index (χ0n) is 9.81. The number of carboxylic acid groups (broad SMARTS) is 1. The molecule has 0 unspecified atom stereocenters. The molecule has 0 aliphatic rings. The van der Waals surface area contributed by atoms with Gasteiger partial charge in [0.25, 0.3) is 0 Å². The van der Waals surface area contributed by atoms with Crippen LogP contribution in [0.2, 0.25) is 0 Å². The highest BCUT2D eigenvalue weighted by Crippen LogP contribution is 2.22. The number of aromatic carboxylic acids is 1. The maximum Gasteiger partial charge on any atom is 0.346 e. The molecule has 5 nitrogen and oxygen atoms in total. The monoisotopic (exact) mass is 274 g/mol. The highest BCUT2D eigenvalue weighted by molar-refractivity contribution is 7.12. The van der Waals surface area contributed by atoms with E-state index in [2.05, 4.69) is 4.98 Å². The first kappa shape index (κ1) is 11.7. The lowest BCUT2D eigenvalue weighted by atomic mass is 10.4. The molecule has 0 radical (unpaired) electrons. The largest absolute Gasteiger partial charge is 0.486 e. The zero-order chi connectivity index (χ0) is 13.2. The molecular weight excluding hydrogens is 264 g/mol. The second-order valence-electron chi connectivity index (χ2n) is 3.94. The van der Waals surface area contributed by atoms with Crippen LogP contribution < -0.4 is 4.74 Å². The van der Waals surface area contributed by atoms with Crippen LogP contribution in [0.3, 0.4) is 0 Å². The van der Waals surface area contributed by atoms with Crippen molar-refractivity contribution in [3.05, 3.63) is 52.6 Å². The van der Waals surface area contributed by atoms with E-state index in [9.17, 15) is 4.79 Å². The second kappa shape index (κ2) is 4.74. The van der Waals surface area contributed by atoms with Crippen molar-refractivity contribution in [2.45, 2.75) is 6.61 Å². The molecule has 0 spiro atoms. The molecule has 1 N–H and O–H groups in total. The van der Waals surface area contributed by atoms with Gasteiger partial charge in [0, 0.05) is 23.8 Å². The van der Waals surface area contributed by atoms with Gasteiger partial charge in [-0.05, 0) is 12.1 Å². The number of ether oxygens (including phenoxy) is 1. The average molecular weight is 274 g/mol. The summed E-state index contributed by atoms with van der Waals surface area (Å²) in [6.45, 7) is 0.317. The summed E-state index contributed by atoms with van der Waals surface area (Å²) in [6.07, 6.45) is 3.80. The number of fused-ring (bicyclic) bond motifs is 1. The fraction of sp³-hybridized carbons (Fsp3) is 0.0769. The number of rotatable bonds is 4. The first-order valence-electron chi connectivity index (χ1n) is 5.59. The number of pyridine rings is 1. The first-order chi connectivity index (χ1) is 9.22. The van der Waals surface area contributed by atoms with Crippen LogP contribution in [0.1, 0.15) is 15.4 Å². The van der Waals surface area contributed by atoms with Crippen molar-refractivity contribution in [3.63, 3.8) is 0 Å². The maximum absolute atomic E-state index is 10.7. The zero-order valence-corrected chi connectivity index (χ0v) is 10.6. The molecule has 0 saturated heterocycles. The molecule has 0 aliphatic heterocycles. The number of hydrogen-bond donors (Lipinski definition) is 1. The molecule has 6 heteroatoms. The van der Waals surface area contributed by atoms with Crippen LogP contribution in [0.15, 0.2) is 42.0 Å². The van der Waals surface area contributed by atoms with E-state index in [-0.39, 0.29) is 4.88 Å². The molecule has 0 fully saturated rings. The molecular formula is C13H10N2O3S. The van der Waals surface area contributed by atoms with Crippen LogP contribution >= 0.6 is 11.3 Å². The molecule has 96 valence electrons. The number of imidazole rings is 1. The summed E-state index contributed by atoms with van der Waals surface area (Å²) < 4.78 is 7.44. The third-order valence-electron chi connectivity index (χ3n) is 2.59. The van der Waals surface area contributed by atoms with Crippen molar-refractivity contribution >= 4 is 23.0 Å². The molecule has 0 amide bonds. The Morgan fingerprint density at radius 3 is 3.11 bits per heavy atom. The average Bonchev–Trinajstić information content (AvgIpc) is 3.02. The van der Waals surface area contributed by atoms with Gasteiger partial charge in [-0.25, -0.2) is 9.78 Å². The number of carbonyl (C=O) groups is 1. The minimum absolute atomic E-state index is 0.269. The molecule has 3 aromatic rings. The molecule has 3 rings (SSSR count). The van der Waals surface area contributed by atoms with Gasteiger partial charge in [-0.15, -0.1) is 11.3 Å². The van der Waals surface area contributed by atoms with Crippen molar-refractivity contribution in [2.75, 3.05) is 0 Å². The van der Waals surface area contributed by atoms with Gasteiger partial charge in [0.2, 0.25) is 0 Å². The highest BCUT2D eigenvalue weighted by atomic mass is 32.1. The molecule has 0 aromatic carbocycles. The molecule has 19 heavy (non-hydrogen) atoms. The number of hydrogen-bond acceptors (Lipinski definition) is 4. The Bertz CT molecular complexity index is 699. The molecule has 3 aromatic heterocycles. The summed E-state index contributed by atoms with van der Waals surface area (Å²) in [4.78, 5) is 15.4. The van der Waals surface area contributed by atoms with Gasteiger partial charge >= 0.3 is 5.97 Å². The molecule has 3 heterocycles. The Labute approximate surface area is 112 Å². The summed E-state index contributed by atoms with van der Waals surface area (Å²) in [5.74, 6) is -0.382. The Morgan fingerprint density at radius 1 is 1.47 bits per heavy atom. The van der Waals surface area contributed by atoms with E-state index in [0.29, 0.717) is 12.4 Å². The van der Waals surface area contributed by atoms with E-state index in [1.165, 1.54) is 6.07 Å². The van der Waals surface area contributed by atoms with Gasteiger partial charge in [-0.3, -0.25) is 0 Å². The lowest BCUT2D eigenvalue weighted by Gasteiger charge is -1.99. The van der Waals surface area contributed by atoms with Gasteiger partial charge in [-0.2, -0.15) is 0 Å². The van der Waals surface area contributed by atoms with Crippen LogP contribution in [0.5, 0.6) is 5.75 Å². The Hall–Kier alpha value is -2.34. The van der Waals surface area contributed by atoms with E-state index in [4.69, 9.17) is 9.84 Å². The molecule has 0 aliphatic carbocycles. The van der Waals surface area contributed by atoms with E-state index < -0.39 is 5.97 Å². The Kier molecular flexibility index (Phi) is 2.92. The van der Waals surface area contributed by atoms with Crippen molar-refractivity contribution in [1.82, 2.24) is 9.38 Å². The predicted molar refractivity (Wildman–Crippen MR) is 70.8 cm³/mol. The standard InChI is InChI=1S/C13H10N2O3S/c16-13(17)11-5-10(8-19-11)18-7-9-6-15-4-2-1-3-12(15)14-9/h1-6,8H,7H2,(H,16,17). The topological polar surface area (TPSA) is 63.8 Å². The quantitative estimate of drug-likeness (QED) is 0.794. The van der Waals surface area contributed by atoms with Crippen LogP contribution in [0.4, 0.5) is 0 Å². The Balaban J connectivity index is 1.72. The fourth-order valence-electron chi connectivity index (χ4n) is 1.72. The van der Waals surface area contributed by atoms with Gasteiger partial charge < -0.3 is 14.2 Å². The maximum atomic E-state index is 10.7. The third-order valence-corrected chi connectivity index (χ3v) is 3.48. The number of thiophene rings is 1. The van der Waals surface area contributed by atoms with Gasteiger partial charge in [0.15, 0.2) is 0 Å². The summed E-state index contributed by atoms with van der Waals surface area (Å²) in [7, 11) is 0. The summed E-state index contributed by atoms with van der Waals surface area (Å²) in [5, 5.41) is 10.5. The lowest BCUT2D eigenvalue weighted by molar-refractivity contribution is 0.0702. The minimum Gasteiger partial charge on any atom is -0.486 e. The van der Waals surface area contributed by atoms with Crippen LogP contribution in [-0.4, -0.2) is 20.5 Å². The van der Waals surface area contributed by atoms with Crippen molar-refractivity contribution < 1.29 is 14.6 Å². The SMILES string of the molecule is O=C(O)c1cc(OCc2cn3ccccc3n2)cs1. The highest BCUT2D eigenvalue weighted by Gasteiger charge is 2.08. The van der Waals surface area contributed by atoms with Crippen molar-refractivity contribution in [3.8, 4) is 5.75 Å². The summed E-state index contributed by atoms with van der Waals surface area (Å²) >= 11 is 1.15. The molecule has 0 atom stereocenters. The summed E-state index contributed by atoms with van der Waals surface area (Å²) in [5.41, 5.74) is 1.66. The molecule has 0 bridgehead atoms. The van der Waals surface area contributed by atoms with Crippen LogP contribution in [0, 0.1) is 0 Å². The first-order valence-corrected chi connectivity index (χ1v) is 6.47. The fourth-order valence-corrected chi connectivity index (χ4v) is 2.38. The number of nitrogens with zero attached hydrogens (tertiary/aromatic N) is 2. The number of aromatic nitrogens is 2. The van der Waals surface area contributed by atoms with Crippen LogP contribution in [0.25, 0.3) is 5.65 Å². The smallest absolute Gasteiger partial charge is 0.346 e. The number of carboxylic acids is 1.